The van der Waals surface area contributed by atoms with Gasteiger partial charge in [-0.25, -0.2) is 26.4 Å². The topological polar surface area (TPSA) is 164 Å². The van der Waals surface area contributed by atoms with E-state index in [1.165, 1.54) is 42.5 Å². The van der Waals surface area contributed by atoms with Crippen LogP contribution in [0, 0.1) is 0 Å². The predicted molar refractivity (Wildman–Crippen MR) is 355 cm³/mol. The molecule has 2 rings (SSSR count). The third-order valence-corrected chi connectivity index (χ3v) is 40.6. The first-order valence-corrected chi connectivity index (χ1v) is 46.4. The zero-order valence-electron chi connectivity index (χ0n) is 55.5. The van der Waals surface area contributed by atoms with Gasteiger partial charge in [-0.3, -0.25) is 0 Å². The van der Waals surface area contributed by atoms with E-state index < -0.39 is 109 Å². The third-order valence-electron chi connectivity index (χ3n) is 17.5. The van der Waals surface area contributed by atoms with Gasteiger partial charge in [-0.05, 0) is 181 Å². The summed E-state index contributed by atoms with van der Waals surface area (Å²) in [7, 11) is -17.9. The lowest BCUT2D eigenvalue weighted by molar-refractivity contribution is -0.138. The van der Waals surface area contributed by atoms with Crippen molar-refractivity contribution in [2.75, 3.05) is 40.4 Å². The molecule has 0 fully saturated rings. The van der Waals surface area contributed by atoms with Crippen LogP contribution < -0.4 is 0 Å². The zero-order chi connectivity index (χ0) is 64.5. The van der Waals surface area contributed by atoms with Crippen LogP contribution >= 0.6 is 0 Å². The van der Waals surface area contributed by atoms with Gasteiger partial charge in [-0.2, -0.15) is 0 Å². The summed E-state index contributed by atoms with van der Waals surface area (Å²) >= 11 is 0. The van der Waals surface area contributed by atoms with E-state index in [1.807, 2.05) is 23.9 Å². The van der Waals surface area contributed by atoms with Crippen molar-refractivity contribution in [1.29, 1.82) is 0 Å². The Morgan fingerprint density at radius 2 is 0.952 bits per heavy atom. The van der Waals surface area contributed by atoms with Crippen LogP contribution in [0.15, 0.2) is 141 Å². The molecule has 14 nitrogen and oxygen atoms in total. The van der Waals surface area contributed by atoms with Gasteiger partial charge >= 0.3 is 11.9 Å². The van der Waals surface area contributed by atoms with Crippen molar-refractivity contribution in [3.8, 4) is 0 Å². The Kier molecular flexibility index (Phi) is 25.4. The molecule has 0 aliphatic carbocycles. The average molecular weight is 1280 g/mol. The Hall–Kier alpha value is -3.76. The van der Waals surface area contributed by atoms with Gasteiger partial charge in [-0.15, -0.1) is 0 Å². The number of esters is 2. The highest BCUT2D eigenvalue weighted by atomic mass is 32.2. The number of hydrogen-bond acceptors (Lipinski definition) is 14. The fraction of sp³-hybridized carbons (Fsp3) is 0.581. The average Bonchev–Trinajstić information content (AvgIpc) is 3.09. The smallest absolute Gasteiger partial charge is 0.350 e. The lowest BCUT2D eigenvalue weighted by atomic mass is 9.93. The number of likely N-dealkylation sites (N-methyl/N-ethyl adjacent to an activating group) is 2. The summed E-state index contributed by atoms with van der Waals surface area (Å²) in [4.78, 5) is 29.1. The highest BCUT2D eigenvalue weighted by molar-refractivity contribution is 7.96. The van der Waals surface area contributed by atoms with Gasteiger partial charge in [-0.1, -0.05) is 102 Å². The molecule has 0 radical (unpaired) electrons. The molecule has 0 amide bonds. The number of carbonyl (C=O) groups excluding carboxylic acids is 2. The summed E-state index contributed by atoms with van der Waals surface area (Å²) in [6.07, 6.45) is 11.1. The fourth-order valence-electron chi connectivity index (χ4n) is 9.34. The van der Waals surface area contributed by atoms with E-state index in [-0.39, 0.29) is 28.2 Å². The van der Waals surface area contributed by atoms with Crippen LogP contribution in [-0.2, 0) is 56.4 Å². The maximum Gasteiger partial charge on any atom is 0.350 e. The number of benzene rings is 2. The first-order chi connectivity index (χ1) is 37.4. The van der Waals surface area contributed by atoms with E-state index >= 15 is 0 Å². The zero-order valence-corrected chi connectivity index (χ0v) is 62.2. The highest BCUT2D eigenvalue weighted by Crippen LogP contribution is 2.59. The summed E-state index contributed by atoms with van der Waals surface area (Å²) in [6, 6.07) is 15.6. The van der Waals surface area contributed by atoms with Crippen molar-refractivity contribution >= 4 is 73.0 Å². The molecular weight excluding hydrogens is 1170 g/mol. The van der Waals surface area contributed by atoms with Crippen LogP contribution in [0.4, 0.5) is 0 Å². The molecule has 468 valence electrons. The first kappa shape index (κ1) is 75.3. The van der Waals surface area contributed by atoms with Gasteiger partial charge < -0.3 is 37.0 Å². The molecule has 2 aromatic rings. The molecule has 0 aliphatic rings. The largest absolute Gasteiger partial charge is 0.462 e. The Balaban J connectivity index is 2.90. The number of hydrogen-bond donors (Lipinski definition) is 0. The molecule has 0 spiro atoms. The van der Waals surface area contributed by atoms with E-state index in [9.17, 15) is 26.4 Å². The molecule has 2 aromatic carbocycles. The van der Waals surface area contributed by atoms with Crippen LogP contribution in [0.1, 0.15) is 96.9 Å². The lowest BCUT2D eigenvalue weighted by Gasteiger charge is -2.61. The van der Waals surface area contributed by atoms with Crippen LogP contribution in [0.5, 0.6) is 0 Å². The quantitative estimate of drug-likeness (QED) is 0.0294. The highest BCUT2D eigenvalue weighted by Gasteiger charge is 2.64. The summed E-state index contributed by atoms with van der Waals surface area (Å²) in [5.41, 5.74) is 0.467. The normalized spacial score (nSPS) is 16.0. The number of carbonyl (C=O) groups is 2. The van der Waals surface area contributed by atoms with Crippen molar-refractivity contribution in [1.82, 2.24) is 9.80 Å². The Morgan fingerprint density at radius 3 is 1.34 bits per heavy atom. The van der Waals surface area contributed by atoms with Crippen LogP contribution in [0.25, 0.3) is 0 Å². The molecule has 0 bridgehead atoms. The van der Waals surface area contributed by atoms with Crippen LogP contribution in [0.3, 0.4) is 0 Å². The minimum Gasteiger partial charge on any atom is -0.462 e. The number of allylic oxidation sites excluding steroid dienone is 4. The minimum atomic E-state index is -4.22. The van der Waals surface area contributed by atoms with Gasteiger partial charge in [0.05, 0.1) is 47.5 Å². The first-order valence-electron chi connectivity index (χ1n) is 28.7. The molecule has 83 heavy (non-hydrogen) atoms. The van der Waals surface area contributed by atoms with Crippen LogP contribution in [0.2, 0.25) is 75.5 Å². The molecule has 2 unspecified atom stereocenters. The van der Waals surface area contributed by atoms with E-state index in [0.717, 1.165) is 5.20 Å². The Morgan fingerprint density at radius 1 is 0.554 bits per heavy atom. The second-order valence-corrected chi connectivity index (χ2v) is 54.0. The Labute approximate surface area is 508 Å². The minimum absolute atomic E-state index is 0.000769. The van der Waals surface area contributed by atoms with Gasteiger partial charge in [0, 0.05) is 42.5 Å². The van der Waals surface area contributed by atoms with Crippen molar-refractivity contribution in [3.63, 3.8) is 0 Å². The van der Waals surface area contributed by atoms with Crippen molar-refractivity contribution in [3.05, 3.63) is 131 Å². The molecule has 2 atom stereocenters. The number of sulfone groups is 2. The molecule has 0 heterocycles. The molecule has 0 aliphatic heterocycles. The SMILES string of the molecule is C=C(CN(C)C=CC=C(C(=O)OCC)S(=O)(=O)c1ccccc1)[Si](C)(OC(C)(C)C(C)(C)[Si](C)(C)OC(C)(C)[Si](C)(C)C)C(C)(C)C(C)(C)O[Si](C)(C=CCN(C)C=CC=C(C(=O)OCC)S(=O)(=O)c1ccccc1)C(C)(C)O[Si](C)(C)C. The van der Waals surface area contributed by atoms with E-state index in [2.05, 4.69) is 160 Å². The van der Waals surface area contributed by atoms with E-state index in [0.29, 0.717) is 13.1 Å². The molecule has 0 N–H and O–H groups in total. The molecule has 21 heteroatoms. The van der Waals surface area contributed by atoms with E-state index in [1.54, 1.807) is 68.7 Å². The van der Waals surface area contributed by atoms with Gasteiger partial charge in [0.1, 0.15) is 0 Å². The fourth-order valence-corrected chi connectivity index (χ4v) is 27.3. The summed E-state index contributed by atoms with van der Waals surface area (Å²) in [5, 5.41) is -1.43. The second-order valence-electron chi connectivity index (χ2n) is 27.4. The lowest BCUT2D eigenvalue weighted by Crippen LogP contribution is -2.68. The molecule has 0 saturated heterocycles. The predicted octanol–water partition coefficient (Wildman–Crippen LogP) is 14.3. The number of rotatable bonds is 32. The second kappa shape index (κ2) is 27.9. The third kappa shape index (κ3) is 18.4. The van der Waals surface area contributed by atoms with Gasteiger partial charge in [0.15, 0.2) is 26.4 Å². The standard InChI is InChI=1S/C62H106N2O12S2Si5/c1-28-71-55(65)53(77(67,68)51-39-32-30-33-40-51)43-36-45-63(16)47-38-48-82(26,62(14,15)75-80(21,22)23)73-58(6,7)60(10,11)83(27,74-57(4,5)59(8,9)81(24,25)76-61(12,13)79(18,19)20)50(3)49-64(17)46-37-44-54(56(66)72-29-2)78(69,70)52-41-34-31-35-42-52/h30-46,48H,3,28-29,47,49H2,1-2,4-27H3. The monoisotopic (exact) mass is 1270 g/mol. The maximum absolute atomic E-state index is 13.8. The maximum atomic E-state index is 13.8. The number of nitrogens with zero attached hydrogens (tertiary/aromatic N) is 2. The summed E-state index contributed by atoms with van der Waals surface area (Å²) < 4.78 is 95.7. The molecule has 0 aromatic heterocycles. The molecular formula is C62H106N2O12S2Si5. The van der Waals surface area contributed by atoms with Gasteiger partial charge in [0.2, 0.25) is 36.3 Å². The summed E-state index contributed by atoms with van der Waals surface area (Å²) in [5.74, 6) is -1.88. The Bertz CT molecular complexity index is 2940. The molecule has 0 saturated carbocycles. The van der Waals surface area contributed by atoms with Crippen LogP contribution in [-0.4, -0.2) is 142 Å². The van der Waals surface area contributed by atoms with E-state index in [4.69, 9.17) is 33.8 Å². The van der Waals surface area contributed by atoms with Crippen molar-refractivity contribution in [2.45, 2.75) is 204 Å². The van der Waals surface area contributed by atoms with Crippen molar-refractivity contribution < 1.29 is 53.6 Å². The van der Waals surface area contributed by atoms with Crippen molar-refractivity contribution in [2.24, 2.45) is 0 Å². The van der Waals surface area contributed by atoms with Gasteiger partial charge in [0.25, 0.3) is 0 Å². The number of ether oxygens (including phenoxy) is 2. The summed E-state index contributed by atoms with van der Waals surface area (Å²) in [6.45, 7) is 57.8.